The van der Waals surface area contributed by atoms with Gasteiger partial charge in [0.2, 0.25) is 5.91 Å². The van der Waals surface area contributed by atoms with Crippen molar-refractivity contribution in [3.63, 3.8) is 0 Å². The van der Waals surface area contributed by atoms with E-state index in [1.54, 1.807) is 0 Å². The van der Waals surface area contributed by atoms with Gasteiger partial charge < -0.3 is 10.2 Å². The molecule has 128 valence electrons. The number of carbonyl (C=O) groups excluding carboxylic acids is 1. The molecular weight excluding hydrogens is 300 g/mol. The second-order valence-corrected chi connectivity index (χ2v) is 7.80. The summed E-state index contributed by atoms with van der Waals surface area (Å²) in [6, 6.07) is 8.63. The van der Waals surface area contributed by atoms with Crippen molar-refractivity contribution in [2.24, 2.45) is 0 Å². The van der Waals surface area contributed by atoms with Gasteiger partial charge in [-0.2, -0.15) is 5.26 Å². The SMILES string of the molecule is C[C@@H]1CN(CC(=O)N2CC(C)(C)c3ccc(C#N)cc32)[C@@H](C)CN1. The van der Waals surface area contributed by atoms with Gasteiger partial charge in [0.05, 0.1) is 18.2 Å². The highest BCUT2D eigenvalue weighted by atomic mass is 16.2. The zero-order chi connectivity index (χ0) is 17.5. The van der Waals surface area contributed by atoms with Crippen molar-refractivity contribution >= 4 is 11.6 Å². The smallest absolute Gasteiger partial charge is 0.241 e. The summed E-state index contributed by atoms with van der Waals surface area (Å²) in [5.74, 6) is 0.123. The number of nitrogens with zero attached hydrogens (tertiary/aromatic N) is 3. The minimum absolute atomic E-state index is 0.0820. The fourth-order valence-corrected chi connectivity index (χ4v) is 3.76. The number of nitriles is 1. The summed E-state index contributed by atoms with van der Waals surface area (Å²) in [6.07, 6.45) is 0. The molecule has 0 bridgehead atoms. The van der Waals surface area contributed by atoms with E-state index in [0.717, 1.165) is 24.3 Å². The molecule has 0 aromatic heterocycles. The van der Waals surface area contributed by atoms with Gasteiger partial charge in [-0.1, -0.05) is 19.9 Å². The Morgan fingerprint density at radius 1 is 1.42 bits per heavy atom. The van der Waals surface area contributed by atoms with E-state index in [1.807, 2.05) is 23.1 Å². The average Bonchev–Trinajstić information content (AvgIpc) is 2.82. The van der Waals surface area contributed by atoms with Gasteiger partial charge in [0.15, 0.2) is 0 Å². The van der Waals surface area contributed by atoms with Crippen molar-refractivity contribution in [2.75, 3.05) is 31.1 Å². The van der Waals surface area contributed by atoms with E-state index in [0.29, 0.717) is 30.7 Å². The molecular formula is C19H26N4O. The van der Waals surface area contributed by atoms with Crippen LogP contribution in [0.25, 0.3) is 0 Å². The van der Waals surface area contributed by atoms with Crippen molar-refractivity contribution in [1.29, 1.82) is 5.26 Å². The maximum Gasteiger partial charge on any atom is 0.241 e. The molecule has 1 aromatic rings. The lowest BCUT2D eigenvalue weighted by Gasteiger charge is -2.37. The van der Waals surface area contributed by atoms with Crippen LogP contribution in [0.15, 0.2) is 18.2 Å². The Kier molecular flexibility index (Phi) is 4.37. The third-order valence-electron chi connectivity index (χ3n) is 5.23. The lowest BCUT2D eigenvalue weighted by Crippen LogP contribution is -2.56. The molecule has 0 radical (unpaired) electrons. The van der Waals surface area contributed by atoms with Gasteiger partial charge in [0, 0.05) is 42.8 Å². The molecule has 1 aromatic carbocycles. The molecule has 1 saturated heterocycles. The first-order chi connectivity index (χ1) is 11.3. The highest BCUT2D eigenvalue weighted by molar-refractivity contribution is 5.97. The van der Waals surface area contributed by atoms with Crippen LogP contribution in [0.3, 0.4) is 0 Å². The van der Waals surface area contributed by atoms with Crippen LogP contribution in [0, 0.1) is 11.3 Å². The Morgan fingerprint density at radius 3 is 2.88 bits per heavy atom. The van der Waals surface area contributed by atoms with E-state index >= 15 is 0 Å². The average molecular weight is 326 g/mol. The number of hydrogen-bond donors (Lipinski definition) is 1. The van der Waals surface area contributed by atoms with Crippen LogP contribution < -0.4 is 10.2 Å². The Balaban J connectivity index is 1.83. The van der Waals surface area contributed by atoms with E-state index < -0.39 is 0 Å². The Hall–Kier alpha value is -1.90. The monoisotopic (exact) mass is 326 g/mol. The molecule has 0 unspecified atom stereocenters. The normalized spacial score (nSPS) is 26.0. The molecule has 2 aliphatic heterocycles. The van der Waals surface area contributed by atoms with Gasteiger partial charge in [0.1, 0.15) is 0 Å². The van der Waals surface area contributed by atoms with E-state index in [1.165, 1.54) is 0 Å². The second kappa shape index (κ2) is 6.19. The molecule has 2 atom stereocenters. The third kappa shape index (κ3) is 3.04. The van der Waals surface area contributed by atoms with Crippen molar-refractivity contribution in [3.05, 3.63) is 29.3 Å². The van der Waals surface area contributed by atoms with Gasteiger partial charge in [0.25, 0.3) is 0 Å². The number of hydrogen-bond acceptors (Lipinski definition) is 4. The number of fused-ring (bicyclic) bond motifs is 1. The van der Waals surface area contributed by atoms with Crippen LogP contribution in [-0.2, 0) is 10.2 Å². The van der Waals surface area contributed by atoms with Gasteiger partial charge in [-0.3, -0.25) is 9.69 Å². The number of piperazine rings is 1. The fourth-order valence-electron chi connectivity index (χ4n) is 3.76. The molecule has 2 heterocycles. The van der Waals surface area contributed by atoms with Crippen molar-refractivity contribution in [2.45, 2.75) is 45.2 Å². The van der Waals surface area contributed by atoms with Crippen molar-refractivity contribution in [1.82, 2.24) is 10.2 Å². The summed E-state index contributed by atoms with van der Waals surface area (Å²) in [7, 11) is 0. The molecule has 0 aliphatic carbocycles. The first-order valence-electron chi connectivity index (χ1n) is 8.64. The predicted molar refractivity (Wildman–Crippen MR) is 95.0 cm³/mol. The lowest BCUT2D eigenvalue weighted by atomic mass is 9.87. The van der Waals surface area contributed by atoms with Crippen molar-refractivity contribution < 1.29 is 4.79 Å². The molecule has 2 aliphatic rings. The number of benzene rings is 1. The molecule has 5 heteroatoms. The van der Waals surface area contributed by atoms with Gasteiger partial charge in [-0.05, 0) is 31.5 Å². The first kappa shape index (κ1) is 16.9. The van der Waals surface area contributed by atoms with E-state index in [4.69, 9.17) is 0 Å². The van der Waals surface area contributed by atoms with Crippen LogP contribution in [0.5, 0.6) is 0 Å². The minimum atomic E-state index is -0.0820. The molecule has 1 fully saturated rings. The molecule has 1 amide bonds. The van der Waals surface area contributed by atoms with E-state index in [-0.39, 0.29) is 11.3 Å². The summed E-state index contributed by atoms with van der Waals surface area (Å²) >= 11 is 0. The maximum atomic E-state index is 13.0. The Morgan fingerprint density at radius 2 is 2.17 bits per heavy atom. The predicted octanol–water partition coefficient (Wildman–Crippen LogP) is 1.86. The van der Waals surface area contributed by atoms with E-state index in [9.17, 15) is 10.1 Å². The lowest BCUT2D eigenvalue weighted by molar-refractivity contribution is -0.120. The summed E-state index contributed by atoms with van der Waals surface area (Å²) < 4.78 is 0. The highest BCUT2D eigenvalue weighted by Gasteiger charge is 2.39. The number of carbonyl (C=O) groups is 1. The molecule has 1 N–H and O–H groups in total. The van der Waals surface area contributed by atoms with Crippen LogP contribution in [-0.4, -0.2) is 49.1 Å². The summed E-state index contributed by atoms with van der Waals surface area (Å²) in [5, 5.41) is 12.6. The van der Waals surface area contributed by atoms with Crippen LogP contribution in [0.2, 0.25) is 0 Å². The van der Waals surface area contributed by atoms with E-state index in [2.05, 4.69) is 44.0 Å². The zero-order valence-electron chi connectivity index (χ0n) is 15.0. The number of nitrogens with one attached hydrogen (secondary N) is 1. The molecule has 5 nitrogen and oxygen atoms in total. The van der Waals surface area contributed by atoms with Crippen molar-refractivity contribution in [3.8, 4) is 6.07 Å². The van der Waals surface area contributed by atoms with Crippen LogP contribution in [0.1, 0.15) is 38.8 Å². The first-order valence-corrected chi connectivity index (χ1v) is 8.64. The number of rotatable bonds is 2. The maximum absolute atomic E-state index is 13.0. The number of amides is 1. The molecule has 24 heavy (non-hydrogen) atoms. The Bertz CT molecular complexity index is 691. The van der Waals surface area contributed by atoms with Crippen LogP contribution in [0.4, 0.5) is 5.69 Å². The molecule has 0 spiro atoms. The second-order valence-electron chi connectivity index (χ2n) is 7.80. The topological polar surface area (TPSA) is 59.4 Å². The highest BCUT2D eigenvalue weighted by Crippen LogP contribution is 2.41. The third-order valence-corrected chi connectivity index (χ3v) is 5.23. The summed E-state index contributed by atoms with van der Waals surface area (Å²) in [5.41, 5.74) is 2.58. The standard InChI is InChI=1S/C19H26N4O/c1-13-10-22(14(2)9-21-13)11-18(24)23-12-19(3,4)16-6-5-15(8-20)7-17(16)23/h5-7,13-14,21H,9-12H2,1-4H3/t13-,14+/m1/s1. The van der Waals surface area contributed by atoms with Gasteiger partial charge >= 0.3 is 0 Å². The zero-order valence-corrected chi connectivity index (χ0v) is 15.0. The summed E-state index contributed by atoms with van der Waals surface area (Å²) in [6.45, 7) is 11.5. The largest absolute Gasteiger partial charge is 0.311 e. The fraction of sp³-hybridized carbons (Fsp3) is 0.579. The minimum Gasteiger partial charge on any atom is -0.311 e. The number of anilines is 1. The molecule has 0 saturated carbocycles. The van der Waals surface area contributed by atoms with Gasteiger partial charge in [-0.15, -0.1) is 0 Å². The van der Waals surface area contributed by atoms with Gasteiger partial charge in [-0.25, -0.2) is 0 Å². The summed E-state index contributed by atoms with van der Waals surface area (Å²) in [4.78, 5) is 17.1. The van der Waals surface area contributed by atoms with Crippen LogP contribution >= 0.6 is 0 Å². The Labute approximate surface area is 144 Å². The quantitative estimate of drug-likeness (QED) is 0.901. The molecule has 3 rings (SSSR count).